The minimum absolute atomic E-state index is 0.0843. The summed E-state index contributed by atoms with van der Waals surface area (Å²) < 4.78 is 19.1. The first-order chi connectivity index (χ1) is 17.6. The summed E-state index contributed by atoms with van der Waals surface area (Å²) in [6, 6.07) is 11.4. The molecule has 186 valence electrons. The van der Waals surface area contributed by atoms with Crippen LogP contribution in [0.1, 0.15) is 19.8 Å². The topological polar surface area (TPSA) is 103 Å². The number of anilines is 2. The summed E-state index contributed by atoms with van der Waals surface area (Å²) >= 11 is 0. The lowest BCUT2D eigenvalue weighted by molar-refractivity contribution is -0.130. The number of carbonyl (C=O) groups excluding carboxylic acids is 1. The predicted octanol–water partition coefficient (Wildman–Crippen LogP) is 3.94. The van der Waals surface area contributed by atoms with Crippen LogP contribution in [0.5, 0.6) is 17.2 Å². The summed E-state index contributed by atoms with van der Waals surface area (Å²) in [6.07, 6.45) is 7.25. The summed E-state index contributed by atoms with van der Waals surface area (Å²) in [5, 5.41) is 3.23. The fourth-order valence-corrected chi connectivity index (χ4v) is 4.47. The van der Waals surface area contributed by atoms with Gasteiger partial charge in [0.25, 0.3) is 0 Å². The van der Waals surface area contributed by atoms with Crippen LogP contribution in [0.25, 0.3) is 17.0 Å². The van der Waals surface area contributed by atoms with Crippen LogP contribution >= 0.6 is 0 Å². The minimum atomic E-state index is 0.0843. The van der Waals surface area contributed by atoms with Crippen molar-refractivity contribution in [2.24, 2.45) is 0 Å². The molecule has 1 saturated heterocycles. The van der Waals surface area contributed by atoms with Crippen LogP contribution < -0.4 is 19.5 Å². The Balaban J connectivity index is 1.36. The van der Waals surface area contributed by atoms with E-state index in [1.54, 1.807) is 33.5 Å². The summed E-state index contributed by atoms with van der Waals surface area (Å²) in [7, 11) is 3.18. The Kier molecular flexibility index (Phi) is 6.57. The van der Waals surface area contributed by atoms with E-state index in [0.29, 0.717) is 41.2 Å². The molecule has 1 unspecified atom stereocenters. The molecule has 1 aromatic carbocycles. The molecule has 10 nitrogen and oxygen atoms in total. The first kappa shape index (κ1) is 23.4. The van der Waals surface area contributed by atoms with E-state index in [-0.39, 0.29) is 11.9 Å². The van der Waals surface area contributed by atoms with Gasteiger partial charge < -0.3 is 24.4 Å². The normalized spacial score (nSPS) is 15.2. The van der Waals surface area contributed by atoms with Gasteiger partial charge in [-0.25, -0.2) is 15.0 Å². The van der Waals surface area contributed by atoms with Crippen molar-refractivity contribution in [3.8, 4) is 28.6 Å². The van der Waals surface area contributed by atoms with E-state index in [4.69, 9.17) is 19.2 Å². The Morgan fingerprint density at radius 2 is 1.97 bits per heavy atom. The lowest BCUT2D eigenvalue weighted by atomic mass is 10.2. The molecular weight excluding hydrogens is 460 g/mol. The number of ether oxygens (including phenoxy) is 3. The third-order valence-electron chi connectivity index (χ3n) is 6.28. The highest BCUT2D eigenvalue weighted by Gasteiger charge is 2.27. The SMILES string of the molecule is COc1cc(OCC2CCCN2C(C)=O)ccc1Nc1ncc(OC)c(-c2cnc3ccccn23)n1. The second-order valence-electron chi connectivity index (χ2n) is 8.49. The van der Waals surface area contributed by atoms with Gasteiger partial charge in [0, 0.05) is 25.7 Å². The van der Waals surface area contributed by atoms with E-state index in [0.717, 1.165) is 30.7 Å². The van der Waals surface area contributed by atoms with Gasteiger partial charge in [0.1, 0.15) is 29.4 Å². The van der Waals surface area contributed by atoms with Gasteiger partial charge in [-0.1, -0.05) is 6.07 Å². The second kappa shape index (κ2) is 10.1. The molecule has 4 aromatic rings. The van der Waals surface area contributed by atoms with Crippen LogP contribution in [0.3, 0.4) is 0 Å². The number of likely N-dealkylation sites (tertiary alicyclic amines) is 1. The molecule has 36 heavy (non-hydrogen) atoms. The Hall–Kier alpha value is -4.34. The van der Waals surface area contributed by atoms with Crippen LogP contribution in [0.4, 0.5) is 11.6 Å². The number of benzene rings is 1. The van der Waals surface area contributed by atoms with Crippen LogP contribution in [0.15, 0.2) is 55.0 Å². The number of hydrogen-bond acceptors (Lipinski definition) is 8. The molecule has 1 amide bonds. The van der Waals surface area contributed by atoms with Crippen molar-refractivity contribution in [1.29, 1.82) is 0 Å². The van der Waals surface area contributed by atoms with Crippen molar-refractivity contribution in [3.63, 3.8) is 0 Å². The molecule has 0 bridgehead atoms. The average Bonchev–Trinajstić information content (AvgIpc) is 3.55. The number of amides is 1. The first-order valence-electron chi connectivity index (χ1n) is 11.8. The van der Waals surface area contributed by atoms with Crippen LogP contribution in [-0.4, -0.2) is 63.6 Å². The molecule has 1 aliphatic rings. The van der Waals surface area contributed by atoms with Crippen molar-refractivity contribution < 1.29 is 19.0 Å². The number of carbonyl (C=O) groups is 1. The van der Waals surface area contributed by atoms with Crippen LogP contribution in [0, 0.1) is 0 Å². The maximum absolute atomic E-state index is 11.8. The molecule has 0 spiro atoms. The molecule has 0 aliphatic carbocycles. The summed E-state index contributed by atoms with van der Waals surface area (Å²) in [6.45, 7) is 2.83. The maximum atomic E-state index is 11.8. The van der Waals surface area contributed by atoms with E-state index >= 15 is 0 Å². The fraction of sp³-hybridized carbons (Fsp3) is 0.308. The van der Waals surface area contributed by atoms with Gasteiger partial charge in [-0.2, -0.15) is 0 Å². The highest BCUT2D eigenvalue weighted by molar-refractivity contribution is 5.74. The predicted molar refractivity (Wildman–Crippen MR) is 135 cm³/mol. The minimum Gasteiger partial charge on any atom is -0.494 e. The van der Waals surface area contributed by atoms with Gasteiger partial charge in [0.2, 0.25) is 11.9 Å². The number of rotatable bonds is 8. The summed E-state index contributed by atoms with van der Waals surface area (Å²) in [5.41, 5.74) is 2.89. The molecule has 4 heterocycles. The smallest absolute Gasteiger partial charge is 0.228 e. The van der Waals surface area contributed by atoms with Gasteiger partial charge in [0.15, 0.2) is 5.75 Å². The monoisotopic (exact) mass is 488 g/mol. The second-order valence-corrected chi connectivity index (χ2v) is 8.49. The molecule has 5 rings (SSSR count). The maximum Gasteiger partial charge on any atom is 0.228 e. The zero-order chi connectivity index (χ0) is 25.1. The first-order valence-corrected chi connectivity index (χ1v) is 11.8. The van der Waals surface area contributed by atoms with Crippen LogP contribution in [-0.2, 0) is 4.79 Å². The van der Waals surface area contributed by atoms with Gasteiger partial charge in [-0.3, -0.25) is 9.20 Å². The number of imidazole rings is 1. The molecule has 1 atom stereocenters. The Morgan fingerprint density at radius 1 is 1.11 bits per heavy atom. The number of fused-ring (bicyclic) bond motifs is 1. The molecule has 10 heteroatoms. The molecule has 1 fully saturated rings. The van der Waals surface area contributed by atoms with E-state index in [1.165, 1.54) is 0 Å². The van der Waals surface area contributed by atoms with E-state index in [9.17, 15) is 4.79 Å². The van der Waals surface area contributed by atoms with E-state index in [1.807, 2.05) is 51.9 Å². The lowest BCUT2D eigenvalue weighted by Gasteiger charge is -2.23. The number of nitrogens with zero attached hydrogens (tertiary/aromatic N) is 5. The Labute approximate surface area is 208 Å². The zero-order valence-electron chi connectivity index (χ0n) is 20.5. The Morgan fingerprint density at radius 3 is 2.78 bits per heavy atom. The van der Waals surface area contributed by atoms with Crippen molar-refractivity contribution >= 4 is 23.2 Å². The average molecular weight is 489 g/mol. The number of hydrogen-bond donors (Lipinski definition) is 1. The quantitative estimate of drug-likeness (QED) is 0.398. The van der Waals surface area contributed by atoms with Gasteiger partial charge in [0.05, 0.1) is 44.0 Å². The largest absolute Gasteiger partial charge is 0.494 e. The fourth-order valence-electron chi connectivity index (χ4n) is 4.47. The van der Waals surface area contributed by atoms with E-state index < -0.39 is 0 Å². The van der Waals surface area contributed by atoms with Crippen molar-refractivity contribution in [3.05, 3.63) is 55.0 Å². The number of aromatic nitrogens is 4. The molecule has 3 aromatic heterocycles. The third-order valence-corrected chi connectivity index (χ3v) is 6.28. The molecule has 0 saturated carbocycles. The van der Waals surface area contributed by atoms with Crippen molar-refractivity contribution in [2.45, 2.75) is 25.8 Å². The number of pyridine rings is 1. The highest BCUT2D eigenvalue weighted by atomic mass is 16.5. The van der Waals surface area contributed by atoms with Gasteiger partial charge in [-0.15, -0.1) is 0 Å². The summed E-state index contributed by atoms with van der Waals surface area (Å²) in [5.74, 6) is 2.24. The van der Waals surface area contributed by atoms with Crippen LogP contribution in [0.2, 0.25) is 0 Å². The standard InChI is InChI=1S/C26H28N6O4/c1-17(33)31-12-6-7-18(31)16-36-19-9-10-20(22(13-19)34-2)29-26-28-15-23(35-3)25(30-26)21-14-27-24-8-4-5-11-32(21)24/h4-5,8-11,13-15,18H,6-7,12,16H2,1-3H3,(H,28,29,30). The van der Waals surface area contributed by atoms with Gasteiger partial charge in [-0.05, 0) is 37.1 Å². The molecule has 0 radical (unpaired) electrons. The van der Waals surface area contributed by atoms with Gasteiger partial charge >= 0.3 is 0 Å². The van der Waals surface area contributed by atoms with Crippen molar-refractivity contribution in [1.82, 2.24) is 24.3 Å². The van der Waals surface area contributed by atoms with Crippen molar-refractivity contribution in [2.75, 3.05) is 32.7 Å². The lowest BCUT2D eigenvalue weighted by Crippen LogP contribution is -2.37. The summed E-state index contributed by atoms with van der Waals surface area (Å²) in [4.78, 5) is 27.2. The van der Waals surface area contributed by atoms with E-state index in [2.05, 4.69) is 15.3 Å². The zero-order valence-corrected chi connectivity index (χ0v) is 20.5. The Bertz CT molecular complexity index is 1390. The third kappa shape index (κ3) is 4.61. The molecular formula is C26H28N6O4. The molecule has 1 aliphatic heterocycles. The number of nitrogens with one attached hydrogen (secondary N) is 1. The highest BCUT2D eigenvalue weighted by Crippen LogP contribution is 2.33. The number of methoxy groups -OCH3 is 2. The molecule has 1 N–H and O–H groups in total.